The molecule has 0 aliphatic heterocycles. The Kier molecular flexibility index (Phi) is 6.38. The molecule has 0 radical (unpaired) electrons. The van der Waals surface area contributed by atoms with Gasteiger partial charge in [0.15, 0.2) is 5.11 Å². The first-order valence-corrected chi connectivity index (χ1v) is 9.44. The summed E-state index contributed by atoms with van der Waals surface area (Å²) in [6.45, 7) is 0. The minimum Gasteiger partial charge on any atom is -0.331 e. The van der Waals surface area contributed by atoms with Crippen LogP contribution in [0.1, 0.15) is 11.3 Å². The third-order valence-electron chi connectivity index (χ3n) is 3.60. The van der Waals surface area contributed by atoms with Crippen molar-refractivity contribution in [2.24, 2.45) is 0 Å². The molecule has 1 heterocycles. The van der Waals surface area contributed by atoms with E-state index in [-0.39, 0.29) is 0 Å². The summed E-state index contributed by atoms with van der Waals surface area (Å²) in [6.07, 6.45) is 3.11. The van der Waals surface area contributed by atoms with Gasteiger partial charge < -0.3 is 5.32 Å². The molecular weight excluding hydrogens is 405 g/mol. The number of thiocarbonyl (C=S) groups is 2. The van der Waals surface area contributed by atoms with E-state index in [4.69, 9.17) is 47.6 Å². The van der Waals surface area contributed by atoms with Crippen LogP contribution in [0.5, 0.6) is 0 Å². The van der Waals surface area contributed by atoms with E-state index in [2.05, 4.69) is 10.4 Å². The number of anilines is 1. The minimum atomic E-state index is 0.472. The molecule has 132 valence electrons. The second-order valence-electron chi connectivity index (χ2n) is 5.71. The zero-order valence-electron chi connectivity index (χ0n) is 13.7. The van der Waals surface area contributed by atoms with Crippen LogP contribution in [0.15, 0.2) is 60.8 Å². The van der Waals surface area contributed by atoms with Gasteiger partial charge >= 0.3 is 0 Å². The van der Waals surface area contributed by atoms with Crippen molar-refractivity contribution in [3.05, 3.63) is 82.1 Å². The van der Waals surface area contributed by atoms with Gasteiger partial charge in [0.2, 0.25) is 0 Å². The molecule has 0 spiro atoms. The summed E-state index contributed by atoms with van der Waals surface area (Å²) in [6, 6.07) is 17.0. The van der Waals surface area contributed by atoms with Gasteiger partial charge in [0.25, 0.3) is 0 Å². The van der Waals surface area contributed by atoms with Crippen LogP contribution >= 0.6 is 47.6 Å². The molecule has 0 amide bonds. The molecule has 0 unspecified atom stereocenters. The van der Waals surface area contributed by atoms with E-state index < -0.39 is 0 Å². The van der Waals surface area contributed by atoms with Crippen molar-refractivity contribution < 1.29 is 0 Å². The molecule has 0 aliphatic rings. The van der Waals surface area contributed by atoms with Crippen molar-refractivity contribution in [1.82, 2.24) is 9.78 Å². The molecule has 1 aromatic heterocycles. The van der Waals surface area contributed by atoms with E-state index in [9.17, 15) is 0 Å². The highest BCUT2D eigenvalue weighted by Crippen LogP contribution is 2.15. The number of aromatic nitrogens is 2. The number of benzene rings is 2. The van der Waals surface area contributed by atoms with Crippen LogP contribution in [0.4, 0.5) is 5.69 Å². The number of hydrogen-bond donors (Lipinski definition) is 1. The molecule has 0 aliphatic carbocycles. The third-order valence-corrected chi connectivity index (χ3v) is 4.64. The lowest BCUT2D eigenvalue weighted by Gasteiger charge is -2.08. The molecule has 1 N–H and O–H groups in total. The zero-order chi connectivity index (χ0) is 18.5. The molecule has 7 heteroatoms. The number of rotatable bonds is 5. The Bertz CT molecular complexity index is 953. The van der Waals surface area contributed by atoms with Crippen molar-refractivity contribution in [3.63, 3.8) is 0 Å². The Balaban J connectivity index is 1.60. The van der Waals surface area contributed by atoms with E-state index in [1.807, 2.05) is 54.7 Å². The van der Waals surface area contributed by atoms with Gasteiger partial charge in [-0.15, -0.1) is 0 Å². The highest BCUT2D eigenvalue weighted by atomic mass is 35.5. The Labute approximate surface area is 172 Å². The lowest BCUT2D eigenvalue weighted by molar-refractivity contribution is 0.912. The van der Waals surface area contributed by atoms with Crippen molar-refractivity contribution in [1.29, 1.82) is 0 Å². The standard InChI is InChI=1S/C19H15Cl2N3S2/c20-14-4-1-3-13(9-14)10-18(25)12-17-7-8-24(23-17)19(26)22-16-6-2-5-15(21)11-16/h1-9,11H,10,12H2,(H,22,26). The second kappa shape index (κ2) is 8.73. The summed E-state index contributed by atoms with van der Waals surface area (Å²) >= 11 is 22.9. The third kappa shape index (κ3) is 5.35. The predicted octanol–water partition coefficient (Wildman–Crippen LogP) is 5.59. The molecular formula is C19H15Cl2N3S2. The first kappa shape index (κ1) is 19.0. The van der Waals surface area contributed by atoms with Crippen LogP contribution in [0.25, 0.3) is 0 Å². The van der Waals surface area contributed by atoms with Gasteiger partial charge in [-0.3, -0.25) is 0 Å². The summed E-state index contributed by atoms with van der Waals surface area (Å²) in [7, 11) is 0. The van der Waals surface area contributed by atoms with Crippen LogP contribution in [0.2, 0.25) is 10.0 Å². The summed E-state index contributed by atoms with van der Waals surface area (Å²) in [5, 5.41) is 9.44. The van der Waals surface area contributed by atoms with E-state index in [0.717, 1.165) is 21.8 Å². The normalized spacial score (nSPS) is 10.5. The van der Waals surface area contributed by atoms with Crippen molar-refractivity contribution in [2.45, 2.75) is 12.8 Å². The minimum absolute atomic E-state index is 0.472. The monoisotopic (exact) mass is 419 g/mol. The second-order valence-corrected chi connectivity index (χ2v) is 7.55. The fourth-order valence-electron chi connectivity index (χ4n) is 2.46. The summed E-state index contributed by atoms with van der Waals surface area (Å²) in [5.41, 5.74) is 2.78. The average molecular weight is 420 g/mol. The maximum absolute atomic E-state index is 6.01. The van der Waals surface area contributed by atoms with E-state index in [0.29, 0.717) is 28.0 Å². The fourth-order valence-corrected chi connectivity index (χ4v) is 3.39. The molecule has 0 fully saturated rings. The largest absolute Gasteiger partial charge is 0.331 e. The summed E-state index contributed by atoms with van der Waals surface area (Å²) in [5.74, 6) is 0. The average Bonchev–Trinajstić information content (AvgIpc) is 3.03. The van der Waals surface area contributed by atoms with Crippen LogP contribution in [-0.2, 0) is 12.8 Å². The highest BCUT2D eigenvalue weighted by Gasteiger charge is 2.08. The van der Waals surface area contributed by atoms with E-state index in [1.165, 1.54) is 0 Å². The quantitative estimate of drug-likeness (QED) is 0.545. The predicted molar refractivity (Wildman–Crippen MR) is 117 cm³/mol. The summed E-state index contributed by atoms with van der Waals surface area (Å²) in [4.78, 5) is 0.895. The lowest BCUT2D eigenvalue weighted by Crippen LogP contribution is -2.20. The Morgan fingerprint density at radius 2 is 1.69 bits per heavy atom. The molecule has 0 saturated carbocycles. The van der Waals surface area contributed by atoms with Gasteiger partial charge in [-0.05, 0) is 54.2 Å². The van der Waals surface area contributed by atoms with Gasteiger partial charge in [0.1, 0.15) is 0 Å². The Morgan fingerprint density at radius 1 is 0.962 bits per heavy atom. The topological polar surface area (TPSA) is 29.9 Å². The van der Waals surface area contributed by atoms with Crippen LogP contribution in [0, 0.1) is 0 Å². The molecule has 2 aromatic carbocycles. The molecule has 3 nitrogen and oxygen atoms in total. The van der Waals surface area contributed by atoms with Crippen molar-refractivity contribution >= 4 is 63.3 Å². The van der Waals surface area contributed by atoms with Gasteiger partial charge in [-0.2, -0.15) is 5.10 Å². The summed E-state index contributed by atoms with van der Waals surface area (Å²) < 4.78 is 1.62. The lowest BCUT2D eigenvalue weighted by atomic mass is 10.1. The maximum Gasteiger partial charge on any atom is 0.198 e. The Morgan fingerprint density at radius 3 is 2.42 bits per heavy atom. The SMILES string of the molecule is S=C(Cc1cccc(Cl)c1)Cc1ccn(C(=S)Nc2cccc(Cl)c2)n1. The molecule has 26 heavy (non-hydrogen) atoms. The molecule has 0 bridgehead atoms. The van der Waals surface area contributed by atoms with Crippen molar-refractivity contribution in [2.75, 3.05) is 5.32 Å². The smallest absolute Gasteiger partial charge is 0.198 e. The first-order chi connectivity index (χ1) is 12.5. The molecule has 3 rings (SSSR count). The van der Waals surface area contributed by atoms with E-state index in [1.54, 1.807) is 10.7 Å². The van der Waals surface area contributed by atoms with Crippen LogP contribution < -0.4 is 5.32 Å². The first-order valence-electron chi connectivity index (χ1n) is 7.87. The van der Waals surface area contributed by atoms with Crippen molar-refractivity contribution in [3.8, 4) is 0 Å². The maximum atomic E-state index is 6.01. The fraction of sp³-hybridized carbons (Fsp3) is 0.105. The molecule has 0 atom stereocenters. The van der Waals surface area contributed by atoms with Gasteiger partial charge in [0.05, 0.1) is 5.69 Å². The van der Waals surface area contributed by atoms with Gasteiger partial charge in [-0.25, -0.2) is 4.68 Å². The highest BCUT2D eigenvalue weighted by molar-refractivity contribution is 7.80. The molecule has 0 saturated heterocycles. The van der Waals surface area contributed by atoms with Crippen LogP contribution in [-0.4, -0.2) is 19.8 Å². The van der Waals surface area contributed by atoms with Crippen LogP contribution in [0.3, 0.4) is 0 Å². The number of nitrogens with one attached hydrogen (secondary N) is 1. The number of nitrogens with zero attached hydrogens (tertiary/aromatic N) is 2. The van der Waals surface area contributed by atoms with Gasteiger partial charge in [0, 0.05) is 39.6 Å². The number of hydrogen-bond acceptors (Lipinski definition) is 3. The zero-order valence-corrected chi connectivity index (χ0v) is 16.8. The number of halogens is 2. The Hall–Kier alpha value is -1.79. The van der Waals surface area contributed by atoms with E-state index >= 15 is 0 Å². The molecule has 3 aromatic rings. The van der Waals surface area contributed by atoms with Gasteiger partial charge in [-0.1, -0.05) is 53.6 Å².